The Morgan fingerprint density at radius 3 is 2.61 bits per heavy atom. The van der Waals surface area contributed by atoms with E-state index in [1.807, 2.05) is 18.2 Å². The first-order valence-electron chi connectivity index (χ1n) is 10.6. The first-order valence-corrected chi connectivity index (χ1v) is 10.6. The molecule has 0 unspecified atom stereocenters. The van der Waals surface area contributed by atoms with Crippen LogP contribution in [0.5, 0.6) is 0 Å². The Bertz CT molecular complexity index is 1140. The largest absolute Gasteiger partial charge is 1.00 e. The first-order chi connectivity index (χ1) is 15.4. The number of hydrogen-bond acceptors (Lipinski definition) is 5. The molecule has 0 amide bonds. The van der Waals surface area contributed by atoms with Crippen molar-refractivity contribution in [1.82, 2.24) is 9.78 Å². The second-order valence-electron chi connectivity index (χ2n) is 8.00. The zero-order chi connectivity index (χ0) is 22.7. The molecule has 0 saturated carbocycles. The van der Waals surface area contributed by atoms with Crippen LogP contribution in [0.15, 0.2) is 54.6 Å². The number of benzene rings is 2. The molecule has 0 aliphatic heterocycles. The van der Waals surface area contributed by atoms with E-state index in [1.165, 1.54) is 23.8 Å². The number of fused-ring (bicyclic) bond motifs is 3. The van der Waals surface area contributed by atoms with Gasteiger partial charge in [0.05, 0.1) is 29.3 Å². The number of aliphatic carboxylic acids is 1. The average molecular weight is 458 g/mol. The molecule has 2 aromatic carbocycles. The number of aryl methyl sites for hydroxylation is 1. The quantitative estimate of drug-likeness (QED) is 0.463. The molecule has 8 heteroatoms. The number of halogens is 1. The zero-order valence-corrected chi connectivity index (χ0v) is 20.4. The van der Waals surface area contributed by atoms with Crippen LogP contribution in [-0.4, -0.2) is 38.2 Å². The smallest absolute Gasteiger partial charge is 0.550 e. The van der Waals surface area contributed by atoms with Crippen molar-refractivity contribution in [2.24, 2.45) is 0 Å². The molecule has 2 N–H and O–H groups in total. The summed E-state index contributed by atoms with van der Waals surface area (Å²) >= 11 is 0. The van der Waals surface area contributed by atoms with Gasteiger partial charge in [-0.25, -0.2) is 9.07 Å². The van der Waals surface area contributed by atoms with Crippen molar-refractivity contribution in [3.05, 3.63) is 77.2 Å². The van der Waals surface area contributed by atoms with Crippen molar-refractivity contribution >= 4 is 12.0 Å². The van der Waals surface area contributed by atoms with E-state index in [9.17, 15) is 24.5 Å². The number of aliphatic hydroxyl groups excluding tert-OH is 2. The van der Waals surface area contributed by atoms with Crippen LogP contribution >= 0.6 is 0 Å². The van der Waals surface area contributed by atoms with Gasteiger partial charge in [0.15, 0.2) is 0 Å². The maximum absolute atomic E-state index is 13.5. The third kappa shape index (κ3) is 5.99. The fourth-order valence-electron chi connectivity index (χ4n) is 4.14. The minimum absolute atomic E-state index is 0. The van der Waals surface area contributed by atoms with Gasteiger partial charge in [0, 0.05) is 29.9 Å². The molecule has 0 saturated heterocycles. The summed E-state index contributed by atoms with van der Waals surface area (Å²) in [5.41, 5.74) is 5.60. The van der Waals surface area contributed by atoms with Crippen molar-refractivity contribution < 1.29 is 54.1 Å². The summed E-state index contributed by atoms with van der Waals surface area (Å²) in [5, 5.41) is 35.6. The maximum atomic E-state index is 13.5. The Hall–Kier alpha value is -2.29. The zero-order valence-electron chi connectivity index (χ0n) is 18.4. The van der Waals surface area contributed by atoms with Gasteiger partial charge in [-0.15, -0.1) is 0 Å². The number of rotatable bonds is 7. The van der Waals surface area contributed by atoms with Crippen molar-refractivity contribution in [2.45, 2.75) is 44.3 Å². The second-order valence-corrected chi connectivity index (χ2v) is 8.00. The topological polar surface area (TPSA) is 98.4 Å². The van der Waals surface area contributed by atoms with E-state index in [4.69, 9.17) is 5.10 Å². The van der Waals surface area contributed by atoms with Gasteiger partial charge >= 0.3 is 29.6 Å². The summed E-state index contributed by atoms with van der Waals surface area (Å²) in [6.45, 7) is 0. The molecule has 1 aliphatic carbocycles. The van der Waals surface area contributed by atoms with Crippen molar-refractivity contribution in [3.63, 3.8) is 0 Å². The third-order valence-electron chi connectivity index (χ3n) is 5.63. The van der Waals surface area contributed by atoms with Gasteiger partial charge in [-0.3, -0.25) is 0 Å². The molecule has 0 spiro atoms. The molecule has 4 rings (SSSR count). The van der Waals surface area contributed by atoms with E-state index >= 15 is 0 Å². The molecule has 0 fully saturated rings. The SMILES string of the molecule is O=C([O-])C[C@@H](O)C[C@@H](O)/C=C/c1c2c(nn1-c1ccc(F)cc1)-c1ccccc1CCC2.[Na+]. The molecule has 1 aliphatic rings. The van der Waals surface area contributed by atoms with Gasteiger partial charge in [-0.05, 0) is 55.2 Å². The van der Waals surface area contributed by atoms with Crippen LogP contribution in [-0.2, 0) is 17.6 Å². The van der Waals surface area contributed by atoms with Crippen LogP contribution in [0.4, 0.5) is 4.39 Å². The van der Waals surface area contributed by atoms with E-state index in [1.54, 1.807) is 22.9 Å². The van der Waals surface area contributed by atoms with Gasteiger partial charge in [-0.2, -0.15) is 5.10 Å². The molecule has 166 valence electrons. The number of carbonyl (C=O) groups excluding carboxylic acids is 1. The van der Waals surface area contributed by atoms with E-state index in [2.05, 4.69) is 6.07 Å². The summed E-state index contributed by atoms with van der Waals surface area (Å²) in [6, 6.07) is 14.2. The van der Waals surface area contributed by atoms with Gasteiger partial charge in [-0.1, -0.05) is 30.3 Å². The van der Waals surface area contributed by atoms with Crippen LogP contribution in [0.3, 0.4) is 0 Å². The predicted molar refractivity (Wildman–Crippen MR) is 116 cm³/mol. The van der Waals surface area contributed by atoms with Crippen LogP contribution in [0.25, 0.3) is 23.0 Å². The molecular formula is C25H24FN2NaO4. The Labute approximate surface area is 213 Å². The summed E-state index contributed by atoms with van der Waals surface area (Å²) < 4.78 is 15.2. The van der Waals surface area contributed by atoms with Crippen molar-refractivity contribution in [1.29, 1.82) is 0 Å². The number of carbonyl (C=O) groups is 1. The second kappa shape index (κ2) is 11.2. The summed E-state index contributed by atoms with van der Waals surface area (Å²) in [7, 11) is 0. The monoisotopic (exact) mass is 458 g/mol. The normalized spacial score (nSPS) is 14.6. The van der Waals surface area contributed by atoms with E-state index in [-0.39, 0.29) is 41.8 Å². The number of aromatic nitrogens is 2. The van der Waals surface area contributed by atoms with Crippen molar-refractivity contribution in [2.75, 3.05) is 0 Å². The number of hydrogen-bond donors (Lipinski definition) is 2. The predicted octanol–water partition coefficient (Wildman–Crippen LogP) is -0.564. The Morgan fingerprint density at radius 1 is 1.15 bits per heavy atom. The first kappa shape index (κ1) is 25.3. The Kier molecular flexibility index (Phi) is 8.62. The Morgan fingerprint density at radius 2 is 1.88 bits per heavy atom. The van der Waals surface area contributed by atoms with Crippen LogP contribution in [0.2, 0.25) is 0 Å². The third-order valence-corrected chi connectivity index (χ3v) is 5.63. The fourth-order valence-corrected chi connectivity index (χ4v) is 4.14. The molecule has 33 heavy (non-hydrogen) atoms. The Balaban J connectivity index is 0.00000306. The number of carboxylic acid groups (broad SMARTS) is 1. The number of carboxylic acids is 1. The molecule has 3 aromatic rings. The van der Waals surface area contributed by atoms with E-state index in [0.717, 1.165) is 41.8 Å². The molecule has 0 bridgehead atoms. The standard InChI is InChI=1S/C25H25FN2O4.Na/c26-17-8-10-18(11-9-17)28-23(13-12-19(29)14-20(30)15-24(31)32)22-7-3-5-16-4-1-2-6-21(16)25(22)27-28;/h1-2,4,6,8-13,19-20,29-30H,3,5,7,14-15H2,(H,31,32);/q;+1/p-1/b13-12+;/t19-,20-;/m0./s1. The minimum Gasteiger partial charge on any atom is -0.550 e. The number of aliphatic hydroxyl groups is 2. The summed E-state index contributed by atoms with van der Waals surface area (Å²) in [5.74, 6) is -1.71. The minimum atomic E-state index is -1.37. The molecule has 0 radical (unpaired) electrons. The molecule has 6 nitrogen and oxygen atoms in total. The maximum Gasteiger partial charge on any atom is 1.00 e. The molecule has 2 atom stereocenters. The van der Waals surface area contributed by atoms with Gasteiger partial charge in [0.25, 0.3) is 0 Å². The van der Waals surface area contributed by atoms with Gasteiger partial charge in [0.1, 0.15) is 5.82 Å². The van der Waals surface area contributed by atoms with E-state index < -0.39 is 24.6 Å². The average Bonchev–Trinajstić information content (AvgIpc) is 3.00. The van der Waals surface area contributed by atoms with Crippen LogP contribution < -0.4 is 34.7 Å². The van der Waals surface area contributed by atoms with E-state index in [0.29, 0.717) is 5.69 Å². The molecule has 1 aromatic heterocycles. The van der Waals surface area contributed by atoms with Crippen molar-refractivity contribution in [3.8, 4) is 16.9 Å². The fraction of sp³-hybridized carbons (Fsp3) is 0.280. The molecular weight excluding hydrogens is 434 g/mol. The summed E-state index contributed by atoms with van der Waals surface area (Å²) in [4.78, 5) is 10.6. The summed E-state index contributed by atoms with van der Waals surface area (Å²) in [6.07, 6.45) is 3.00. The molecule has 1 heterocycles. The van der Waals surface area contributed by atoms with Gasteiger partial charge in [0.2, 0.25) is 0 Å². The van der Waals surface area contributed by atoms with Crippen LogP contribution in [0, 0.1) is 5.82 Å². The van der Waals surface area contributed by atoms with Crippen LogP contribution in [0.1, 0.15) is 36.1 Å². The van der Waals surface area contributed by atoms with Gasteiger partial charge < -0.3 is 20.1 Å². The number of nitrogens with zero attached hydrogens (tertiary/aromatic N) is 2.